The quantitative estimate of drug-likeness (QED) is 0.311. The molecule has 1 N–H and O–H groups in total. The van der Waals surface area contributed by atoms with E-state index in [-0.39, 0.29) is 24.4 Å². The van der Waals surface area contributed by atoms with Gasteiger partial charge in [0.05, 0.1) is 18.8 Å². The molecule has 2 saturated heterocycles. The van der Waals surface area contributed by atoms with Crippen molar-refractivity contribution in [2.45, 2.75) is 103 Å². The number of hydrogen-bond donors (Lipinski definition) is 1. The van der Waals surface area contributed by atoms with Crippen LogP contribution in [0.4, 0.5) is 9.59 Å². The van der Waals surface area contributed by atoms with E-state index in [4.69, 9.17) is 37.4 Å². The van der Waals surface area contributed by atoms with Crippen LogP contribution in [0.3, 0.4) is 0 Å². The fourth-order valence-electron chi connectivity index (χ4n) is 7.03. The molecule has 4 fully saturated rings. The monoisotopic (exact) mass is 782 g/mol. The summed E-state index contributed by atoms with van der Waals surface area (Å²) < 4.78 is 16.9. The van der Waals surface area contributed by atoms with E-state index >= 15 is 0 Å². The first kappa shape index (κ1) is 39.7. The smallest absolute Gasteiger partial charge is 0.410 e. The number of fused-ring (bicyclic) bond motifs is 2. The minimum absolute atomic E-state index is 0.157. The minimum atomic E-state index is -0.435. The molecule has 4 aliphatic rings. The summed E-state index contributed by atoms with van der Waals surface area (Å²) in [4.78, 5) is 27.6. The zero-order valence-corrected chi connectivity index (χ0v) is 32.8. The second-order valence-electron chi connectivity index (χ2n) is 15.7. The van der Waals surface area contributed by atoms with E-state index in [0.717, 1.165) is 78.4 Å². The lowest BCUT2D eigenvalue weighted by Gasteiger charge is -2.25. The Kier molecular flexibility index (Phi) is 14.2. The van der Waals surface area contributed by atoms with Crippen LogP contribution >= 0.6 is 39.1 Å². The first-order valence-corrected chi connectivity index (χ1v) is 19.2. The van der Waals surface area contributed by atoms with Crippen LogP contribution in [-0.2, 0) is 26.1 Å². The second kappa shape index (κ2) is 17.5. The van der Waals surface area contributed by atoms with Crippen molar-refractivity contribution in [3.63, 3.8) is 0 Å². The summed E-state index contributed by atoms with van der Waals surface area (Å²) >= 11 is 15.3. The van der Waals surface area contributed by atoms with Gasteiger partial charge in [0.15, 0.2) is 0 Å². The summed E-state index contributed by atoms with van der Waals surface area (Å²) in [6.07, 6.45) is 3.39. The van der Waals surface area contributed by atoms with Crippen molar-refractivity contribution in [1.29, 1.82) is 0 Å². The summed E-state index contributed by atoms with van der Waals surface area (Å²) in [6, 6.07) is 15.6. The molecule has 2 heterocycles. The largest absolute Gasteiger partial charge is 0.444 e. The van der Waals surface area contributed by atoms with E-state index in [1.165, 1.54) is 0 Å². The zero-order valence-electron chi connectivity index (χ0n) is 29.7. The SMILES string of the molecule is CC(C)(C)OC(=O)N1C[C@H]2CC(O)C[C@H]2C1.CC(C)(C)OC(=O)N1C[C@H]2CC(OCc3ccccc3Cl)C[C@H]2C1.Clc1ccccc1CBr. The van der Waals surface area contributed by atoms with Gasteiger partial charge in [-0.25, -0.2) is 9.59 Å². The van der Waals surface area contributed by atoms with E-state index in [1.807, 2.05) is 95.0 Å². The number of halogens is 3. The Hall–Kier alpha value is -2.04. The predicted molar refractivity (Wildman–Crippen MR) is 198 cm³/mol. The summed E-state index contributed by atoms with van der Waals surface area (Å²) in [5.41, 5.74) is 1.31. The summed E-state index contributed by atoms with van der Waals surface area (Å²) in [5.74, 6) is 1.99. The maximum Gasteiger partial charge on any atom is 0.410 e. The number of alkyl halides is 1. The lowest BCUT2D eigenvalue weighted by Crippen LogP contribution is -2.36. The molecule has 6 rings (SSSR count). The van der Waals surface area contributed by atoms with Gasteiger partial charge in [0.1, 0.15) is 11.2 Å². The van der Waals surface area contributed by atoms with E-state index in [9.17, 15) is 14.7 Å². The molecule has 272 valence electrons. The number of amides is 2. The summed E-state index contributed by atoms with van der Waals surface area (Å²) in [5, 5.41) is 11.9. The molecule has 2 aliphatic carbocycles. The molecular weight excluding hydrogens is 731 g/mol. The van der Waals surface area contributed by atoms with Crippen LogP contribution in [0.15, 0.2) is 48.5 Å². The highest BCUT2D eigenvalue weighted by molar-refractivity contribution is 9.08. The molecule has 2 aliphatic heterocycles. The number of nitrogens with zero attached hydrogens (tertiary/aromatic N) is 2. The van der Waals surface area contributed by atoms with Crippen molar-refractivity contribution in [3.8, 4) is 0 Å². The van der Waals surface area contributed by atoms with E-state index in [1.54, 1.807) is 4.90 Å². The van der Waals surface area contributed by atoms with E-state index < -0.39 is 11.2 Å². The van der Waals surface area contributed by atoms with Gasteiger partial charge in [0, 0.05) is 41.6 Å². The standard InChI is InChI=1S/C19H26ClNO3.C12H21NO3.C7H6BrCl/c1-19(2,3)24-18(22)21-10-14-8-16(9-15(14)11-21)23-12-13-6-4-5-7-17(13)20;1-12(2,3)16-11(15)13-6-8-4-10(14)5-9(8)7-13;8-5-6-3-1-2-4-7(6)9/h4-7,14-16H,8-12H2,1-3H3;8-10,14H,4-7H2,1-3H3;1-4H,5H2/t14-,15+,16?;8-,9+,10?;. The van der Waals surface area contributed by atoms with Gasteiger partial charge in [-0.1, -0.05) is 75.5 Å². The molecule has 0 bridgehead atoms. The number of benzene rings is 2. The number of hydrogen-bond acceptors (Lipinski definition) is 6. The van der Waals surface area contributed by atoms with Gasteiger partial charge in [0.2, 0.25) is 0 Å². The zero-order chi connectivity index (χ0) is 35.9. The molecule has 6 atom stereocenters. The Labute approximate surface area is 310 Å². The van der Waals surface area contributed by atoms with Crippen LogP contribution in [0, 0.1) is 23.7 Å². The van der Waals surface area contributed by atoms with Gasteiger partial charge < -0.3 is 29.1 Å². The molecule has 2 aromatic rings. The third-order valence-corrected chi connectivity index (χ3v) is 10.6. The Morgan fingerprint density at radius 1 is 0.714 bits per heavy atom. The number of rotatable bonds is 4. The van der Waals surface area contributed by atoms with Crippen LogP contribution in [0.25, 0.3) is 0 Å². The van der Waals surface area contributed by atoms with Crippen LogP contribution in [0.5, 0.6) is 0 Å². The van der Waals surface area contributed by atoms with Gasteiger partial charge >= 0.3 is 12.2 Å². The molecule has 49 heavy (non-hydrogen) atoms. The highest BCUT2D eigenvalue weighted by atomic mass is 79.9. The number of ether oxygens (including phenoxy) is 3. The number of carbonyl (C=O) groups excluding carboxylic acids is 2. The van der Waals surface area contributed by atoms with Crippen LogP contribution in [-0.4, -0.2) is 76.7 Å². The Morgan fingerprint density at radius 2 is 1.10 bits per heavy atom. The summed E-state index contributed by atoms with van der Waals surface area (Å²) in [6.45, 7) is 15.0. The van der Waals surface area contributed by atoms with Crippen molar-refractivity contribution >= 4 is 51.3 Å². The lowest BCUT2D eigenvalue weighted by atomic mass is 10.0. The molecule has 0 radical (unpaired) electrons. The maximum absolute atomic E-state index is 12.2. The Morgan fingerprint density at radius 3 is 1.47 bits per heavy atom. The molecule has 0 spiro atoms. The number of likely N-dealkylation sites (tertiary alicyclic amines) is 2. The molecule has 2 saturated carbocycles. The van der Waals surface area contributed by atoms with Gasteiger partial charge in [-0.15, -0.1) is 0 Å². The van der Waals surface area contributed by atoms with Gasteiger partial charge in [0.25, 0.3) is 0 Å². The average molecular weight is 785 g/mol. The molecule has 11 heteroatoms. The van der Waals surface area contributed by atoms with Crippen LogP contribution in [0.2, 0.25) is 10.0 Å². The fraction of sp³-hybridized carbons (Fsp3) is 0.632. The normalized spacial score (nSPS) is 25.8. The van der Waals surface area contributed by atoms with Crippen LogP contribution < -0.4 is 0 Å². The van der Waals surface area contributed by atoms with E-state index in [2.05, 4.69) is 15.9 Å². The van der Waals surface area contributed by atoms with Crippen molar-refractivity contribution in [2.75, 3.05) is 26.2 Å². The lowest BCUT2D eigenvalue weighted by molar-refractivity contribution is 0.0205. The molecule has 0 aromatic heterocycles. The van der Waals surface area contributed by atoms with Crippen molar-refractivity contribution in [3.05, 3.63) is 69.7 Å². The number of carbonyl (C=O) groups is 2. The van der Waals surface area contributed by atoms with Gasteiger partial charge in [-0.05, 0) is 114 Å². The predicted octanol–water partition coefficient (Wildman–Crippen LogP) is 9.36. The fourth-order valence-corrected chi connectivity index (χ4v) is 8.07. The Balaban J connectivity index is 0.000000185. The Bertz CT molecular complexity index is 1370. The van der Waals surface area contributed by atoms with Crippen LogP contribution in [0.1, 0.15) is 78.4 Å². The summed E-state index contributed by atoms with van der Waals surface area (Å²) in [7, 11) is 0. The topological polar surface area (TPSA) is 88.5 Å². The highest BCUT2D eigenvalue weighted by Gasteiger charge is 2.44. The van der Waals surface area contributed by atoms with Gasteiger partial charge in [-0.2, -0.15) is 0 Å². The molecular formula is C38H53BrCl2N2O6. The third-order valence-electron chi connectivity index (χ3n) is 9.27. The van der Waals surface area contributed by atoms with Gasteiger partial charge in [-0.3, -0.25) is 0 Å². The molecule has 2 unspecified atom stereocenters. The molecule has 2 amide bonds. The third kappa shape index (κ3) is 12.3. The first-order chi connectivity index (χ1) is 23.0. The number of aliphatic hydroxyl groups excluding tert-OH is 1. The number of aliphatic hydroxyl groups is 1. The minimum Gasteiger partial charge on any atom is -0.444 e. The van der Waals surface area contributed by atoms with Crippen molar-refractivity contribution in [1.82, 2.24) is 9.80 Å². The molecule has 2 aromatic carbocycles. The van der Waals surface area contributed by atoms with Crippen molar-refractivity contribution in [2.24, 2.45) is 23.7 Å². The second-order valence-corrected chi connectivity index (χ2v) is 17.0. The molecule has 8 nitrogen and oxygen atoms in total. The van der Waals surface area contributed by atoms with E-state index in [0.29, 0.717) is 30.3 Å². The van der Waals surface area contributed by atoms with Crippen molar-refractivity contribution < 1.29 is 28.9 Å². The average Bonchev–Trinajstić information content (AvgIpc) is 3.76. The maximum atomic E-state index is 12.2. The first-order valence-electron chi connectivity index (χ1n) is 17.3. The highest BCUT2D eigenvalue weighted by Crippen LogP contribution is 2.41.